The van der Waals surface area contributed by atoms with E-state index in [-0.39, 0.29) is 0 Å². The molecule has 0 saturated carbocycles. The first-order chi connectivity index (χ1) is 3.39. The Balaban J connectivity index is 2.49. The summed E-state index contributed by atoms with van der Waals surface area (Å²) in [6.45, 7) is 0. The summed E-state index contributed by atoms with van der Waals surface area (Å²) in [5, 5.41) is 7.31. The van der Waals surface area contributed by atoms with Crippen LogP contribution in [0, 0.1) is 0 Å². The number of hydrazone groups is 2. The molecular weight excluding hydrogens is 160 g/mol. The first-order valence-corrected chi connectivity index (χ1v) is 2.38. The molecule has 0 saturated heterocycles. The first kappa shape index (κ1) is 4.58. The summed E-state index contributed by atoms with van der Waals surface area (Å²) < 4.78 is 1.33. The number of nitrogens with zero attached hydrogens (tertiary/aromatic N) is 3. The Kier molecular flexibility index (Phi) is 1.26. The van der Waals surface area contributed by atoms with Crippen LogP contribution in [0.3, 0.4) is 0 Å². The molecule has 0 bridgehead atoms. The van der Waals surface area contributed by atoms with Crippen LogP contribution in [0.1, 0.15) is 0 Å². The molecule has 0 fully saturated rings. The monoisotopic (exact) mass is 162 g/mol. The van der Waals surface area contributed by atoms with Crippen molar-refractivity contribution in [2.45, 2.75) is 0 Å². The number of hydrazine groups is 1. The quantitative estimate of drug-likeness (QED) is 0.514. The van der Waals surface area contributed by atoms with Crippen LogP contribution in [0.15, 0.2) is 10.2 Å². The molecule has 0 amide bonds. The Morgan fingerprint density at radius 1 is 1.57 bits per heavy atom. The minimum atomic E-state index is 1.33. The summed E-state index contributed by atoms with van der Waals surface area (Å²) in [5.74, 6) is 0. The molecule has 0 radical (unpaired) electrons. The van der Waals surface area contributed by atoms with Crippen LogP contribution in [-0.4, -0.2) is 16.6 Å². The molecule has 38 valence electrons. The summed E-state index contributed by atoms with van der Waals surface area (Å²) in [4.78, 5) is 0. The van der Waals surface area contributed by atoms with Crippen LogP contribution in [-0.2, 0) is 0 Å². The molecule has 0 spiro atoms. The van der Waals surface area contributed by atoms with Gasteiger partial charge in [0.2, 0.25) is 0 Å². The van der Waals surface area contributed by atoms with Crippen molar-refractivity contribution in [1.29, 1.82) is 0 Å². The molecular formula is C2H3BrN4. The average Bonchev–Trinajstić information content (AvgIpc) is 1.69. The van der Waals surface area contributed by atoms with Gasteiger partial charge in [0.1, 0.15) is 0 Å². The molecule has 1 N–H and O–H groups in total. The number of hydrogen-bond donors (Lipinski definition) is 1. The minimum absolute atomic E-state index is 1.33. The van der Waals surface area contributed by atoms with Crippen LogP contribution in [0.4, 0.5) is 0 Å². The maximum atomic E-state index is 3.69. The zero-order chi connectivity index (χ0) is 5.11. The standard InChI is InChI=1S/C2H3BrN4/c3-7-5-2-1-4-6-7/h1-2,6H. The summed E-state index contributed by atoms with van der Waals surface area (Å²) in [5.41, 5.74) is 2.50. The molecule has 1 heterocycles. The van der Waals surface area contributed by atoms with Gasteiger partial charge in [0.15, 0.2) is 0 Å². The third kappa shape index (κ3) is 1.15. The molecule has 0 unspecified atom stereocenters. The van der Waals surface area contributed by atoms with E-state index in [2.05, 4.69) is 31.9 Å². The topological polar surface area (TPSA) is 40.0 Å². The fourth-order valence-electron chi connectivity index (χ4n) is 0.228. The molecule has 0 aliphatic carbocycles. The predicted octanol–water partition coefficient (Wildman–Crippen LogP) is 0.0881. The zero-order valence-electron chi connectivity index (χ0n) is 3.37. The number of nitrogens with one attached hydrogen (secondary N) is 1. The lowest BCUT2D eigenvalue weighted by Crippen LogP contribution is -2.21. The molecule has 1 rings (SSSR count). The minimum Gasteiger partial charge on any atom is -0.192 e. The number of hydrogen-bond acceptors (Lipinski definition) is 4. The van der Waals surface area contributed by atoms with E-state index >= 15 is 0 Å². The molecule has 0 aromatic rings. The van der Waals surface area contributed by atoms with Crippen LogP contribution >= 0.6 is 16.1 Å². The molecule has 4 nitrogen and oxygen atoms in total. The van der Waals surface area contributed by atoms with Gasteiger partial charge in [0, 0.05) is 0 Å². The van der Waals surface area contributed by atoms with Crippen molar-refractivity contribution in [2.24, 2.45) is 10.2 Å². The van der Waals surface area contributed by atoms with E-state index < -0.39 is 0 Å². The van der Waals surface area contributed by atoms with Crippen molar-refractivity contribution in [1.82, 2.24) is 9.68 Å². The van der Waals surface area contributed by atoms with Gasteiger partial charge in [0.05, 0.1) is 28.6 Å². The van der Waals surface area contributed by atoms with Gasteiger partial charge in [-0.15, -0.1) is 4.14 Å². The molecule has 7 heavy (non-hydrogen) atoms. The second-order valence-electron chi connectivity index (χ2n) is 0.903. The average molecular weight is 163 g/mol. The lowest BCUT2D eigenvalue weighted by molar-refractivity contribution is 0.395. The Labute approximate surface area is 49.2 Å². The van der Waals surface area contributed by atoms with Crippen LogP contribution in [0.25, 0.3) is 0 Å². The first-order valence-electron chi connectivity index (χ1n) is 1.67. The van der Waals surface area contributed by atoms with Gasteiger partial charge in [-0.25, -0.2) is 0 Å². The van der Waals surface area contributed by atoms with Crippen molar-refractivity contribution in [3.63, 3.8) is 0 Å². The molecule has 0 aromatic heterocycles. The van der Waals surface area contributed by atoms with E-state index in [0.29, 0.717) is 0 Å². The molecule has 1 aliphatic heterocycles. The molecule has 0 atom stereocenters. The lowest BCUT2D eigenvalue weighted by Gasteiger charge is -2.08. The Morgan fingerprint density at radius 2 is 2.43 bits per heavy atom. The Hall–Kier alpha value is -0.580. The molecule has 0 aromatic carbocycles. The third-order valence-corrected chi connectivity index (χ3v) is 0.791. The fourth-order valence-corrected chi connectivity index (χ4v) is 0.426. The summed E-state index contributed by atoms with van der Waals surface area (Å²) in [6, 6.07) is 0. The van der Waals surface area contributed by atoms with Gasteiger partial charge in [0.25, 0.3) is 0 Å². The van der Waals surface area contributed by atoms with E-state index in [0.717, 1.165) is 0 Å². The Morgan fingerprint density at radius 3 is 2.71 bits per heavy atom. The third-order valence-electron chi connectivity index (χ3n) is 0.450. The van der Waals surface area contributed by atoms with E-state index in [1.54, 1.807) is 12.4 Å². The number of rotatable bonds is 0. The van der Waals surface area contributed by atoms with Crippen molar-refractivity contribution in [2.75, 3.05) is 0 Å². The van der Waals surface area contributed by atoms with E-state index in [9.17, 15) is 0 Å². The van der Waals surface area contributed by atoms with Gasteiger partial charge in [-0.3, -0.25) is 0 Å². The van der Waals surface area contributed by atoms with E-state index in [1.807, 2.05) is 0 Å². The zero-order valence-corrected chi connectivity index (χ0v) is 4.96. The highest BCUT2D eigenvalue weighted by molar-refractivity contribution is 9.07. The van der Waals surface area contributed by atoms with Gasteiger partial charge < -0.3 is 0 Å². The van der Waals surface area contributed by atoms with E-state index in [4.69, 9.17) is 0 Å². The van der Waals surface area contributed by atoms with Gasteiger partial charge in [-0.1, -0.05) is 0 Å². The summed E-state index contributed by atoms with van der Waals surface area (Å²) >= 11 is 3.00. The van der Waals surface area contributed by atoms with Crippen molar-refractivity contribution < 1.29 is 0 Å². The van der Waals surface area contributed by atoms with Gasteiger partial charge >= 0.3 is 0 Å². The second kappa shape index (κ2) is 1.92. The Bertz CT molecular complexity index is 108. The largest absolute Gasteiger partial charge is 0.192 e. The second-order valence-corrected chi connectivity index (χ2v) is 1.57. The van der Waals surface area contributed by atoms with Crippen molar-refractivity contribution >= 4 is 28.6 Å². The highest BCUT2D eigenvalue weighted by Gasteiger charge is 1.88. The van der Waals surface area contributed by atoms with Crippen molar-refractivity contribution in [3.8, 4) is 0 Å². The molecule has 5 heteroatoms. The van der Waals surface area contributed by atoms with Crippen LogP contribution in [0.5, 0.6) is 0 Å². The maximum Gasteiger partial charge on any atom is 0.0988 e. The summed E-state index contributed by atoms with van der Waals surface area (Å²) in [7, 11) is 0. The normalized spacial score (nSPS) is 17.0. The van der Waals surface area contributed by atoms with Gasteiger partial charge in [-0.05, 0) is 0 Å². The predicted molar refractivity (Wildman–Crippen MR) is 30.9 cm³/mol. The SMILES string of the molecule is BrN1N=CC=NN1. The maximum absolute atomic E-state index is 3.69. The fraction of sp³-hybridized carbons (Fsp3) is 0. The molecule has 1 aliphatic rings. The highest BCUT2D eigenvalue weighted by Crippen LogP contribution is 1.91. The van der Waals surface area contributed by atoms with Crippen LogP contribution in [0.2, 0.25) is 0 Å². The van der Waals surface area contributed by atoms with Crippen LogP contribution < -0.4 is 5.53 Å². The lowest BCUT2D eigenvalue weighted by atomic mass is 10.8. The highest BCUT2D eigenvalue weighted by atomic mass is 79.9. The smallest absolute Gasteiger partial charge is 0.0988 e. The van der Waals surface area contributed by atoms with E-state index in [1.165, 1.54) is 4.14 Å². The van der Waals surface area contributed by atoms with Crippen molar-refractivity contribution in [3.05, 3.63) is 0 Å². The number of halogens is 1. The summed E-state index contributed by atoms with van der Waals surface area (Å²) in [6.07, 6.45) is 3.11. The van der Waals surface area contributed by atoms with Gasteiger partial charge in [-0.2, -0.15) is 15.7 Å².